The van der Waals surface area contributed by atoms with Crippen molar-refractivity contribution in [2.75, 3.05) is 0 Å². The second-order valence-electron chi connectivity index (χ2n) is 8.17. The summed E-state index contributed by atoms with van der Waals surface area (Å²) >= 11 is 0. The Morgan fingerprint density at radius 3 is 2.12 bits per heavy atom. The van der Waals surface area contributed by atoms with Crippen molar-refractivity contribution in [1.29, 1.82) is 0 Å². The summed E-state index contributed by atoms with van der Waals surface area (Å²) in [6.07, 6.45) is 1.56. The average molecular weight is 444 g/mol. The number of phenolic OH excluding ortho intramolecular Hbond substituents is 2. The van der Waals surface area contributed by atoms with Crippen molar-refractivity contribution in [2.45, 2.75) is 38.4 Å². The predicted molar refractivity (Wildman–Crippen MR) is 122 cm³/mol. The van der Waals surface area contributed by atoms with Crippen molar-refractivity contribution in [3.05, 3.63) is 94.0 Å². The summed E-state index contributed by atoms with van der Waals surface area (Å²) in [7, 11) is 0. The molecule has 0 saturated carbocycles. The Morgan fingerprint density at radius 2 is 1.52 bits per heavy atom. The molecular weight excluding hydrogens is 420 g/mol. The standard InChI is InChI=1S/C27H24O6/c1-2-27(16-28,33-15-17-8-4-3-5-9-17)13-12-18-14-21(29)22-23(24(18)30)26(32)20-11-7-6-10-19(20)25(22)31/h3-11,14,16,29-30H,2,12-13,15H2,1H3/t27-/m1/s1. The SMILES string of the molecule is CC[C@](C=O)(CCc1cc(O)c2c(c1O)C(=O)c1ccccc1C2=O)OCc1ccccc1. The number of rotatable bonds is 8. The number of aromatic hydroxyl groups is 2. The van der Waals surface area contributed by atoms with E-state index < -0.39 is 17.2 Å². The smallest absolute Gasteiger partial charge is 0.198 e. The molecule has 0 radical (unpaired) electrons. The van der Waals surface area contributed by atoms with Crippen molar-refractivity contribution in [1.82, 2.24) is 0 Å². The Kier molecular flexibility index (Phi) is 6.11. The lowest BCUT2D eigenvalue weighted by Crippen LogP contribution is -2.34. The molecule has 0 spiro atoms. The molecule has 6 nitrogen and oxygen atoms in total. The van der Waals surface area contributed by atoms with E-state index in [-0.39, 0.29) is 58.8 Å². The molecule has 1 aliphatic rings. The number of aryl methyl sites for hydroxylation is 1. The summed E-state index contributed by atoms with van der Waals surface area (Å²) in [4.78, 5) is 37.9. The average Bonchev–Trinajstić information content (AvgIpc) is 2.85. The lowest BCUT2D eigenvalue weighted by molar-refractivity contribution is -0.135. The molecule has 33 heavy (non-hydrogen) atoms. The number of hydrogen-bond donors (Lipinski definition) is 2. The third kappa shape index (κ3) is 4.05. The molecule has 0 fully saturated rings. The van der Waals surface area contributed by atoms with Crippen molar-refractivity contribution in [3.63, 3.8) is 0 Å². The molecule has 4 rings (SSSR count). The van der Waals surface area contributed by atoms with Gasteiger partial charge in [0.25, 0.3) is 0 Å². The first-order valence-electron chi connectivity index (χ1n) is 10.8. The molecule has 0 aliphatic heterocycles. The summed E-state index contributed by atoms with van der Waals surface area (Å²) < 4.78 is 5.97. The van der Waals surface area contributed by atoms with Gasteiger partial charge in [-0.15, -0.1) is 0 Å². The van der Waals surface area contributed by atoms with Crippen LogP contribution in [0.2, 0.25) is 0 Å². The fourth-order valence-corrected chi connectivity index (χ4v) is 4.18. The van der Waals surface area contributed by atoms with Gasteiger partial charge in [0.1, 0.15) is 17.1 Å². The predicted octanol–water partition coefficient (Wildman–Crippen LogP) is 4.37. The van der Waals surface area contributed by atoms with Crippen molar-refractivity contribution >= 4 is 17.9 Å². The van der Waals surface area contributed by atoms with E-state index in [0.29, 0.717) is 6.42 Å². The first-order chi connectivity index (χ1) is 15.9. The van der Waals surface area contributed by atoms with Gasteiger partial charge in [0.15, 0.2) is 17.9 Å². The zero-order valence-corrected chi connectivity index (χ0v) is 18.2. The number of ketones is 2. The van der Waals surface area contributed by atoms with Gasteiger partial charge in [-0.05, 0) is 36.5 Å². The largest absolute Gasteiger partial charge is 0.507 e. The van der Waals surface area contributed by atoms with Crippen LogP contribution in [-0.2, 0) is 22.6 Å². The second kappa shape index (κ2) is 9.00. The van der Waals surface area contributed by atoms with E-state index in [1.54, 1.807) is 12.1 Å². The fourth-order valence-electron chi connectivity index (χ4n) is 4.18. The molecule has 0 amide bonds. The van der Waals surface area contributed by atoms with Crippen LogP contribution < -0.4 is 0 Å². The van der Waals surface area contributed by atoms with Gasteiger partial charge in [-0.3, -0.25) is 9.59 Å². The van der Waals surface area contributed by atoms with E-state index in [1.807, 2.05) is 37.3 Å². The molecule has 3 aromatic carbocycles. The lowest BCUT2D eigenvalue weighted by atomic mass is 9.81. The normalized spacial score (nSPS) is 14.3. The second-order valence-corrected chi connectivity index (χ2v) is 8.17. The molecular formula is C27H24O6. The summed E-state index contributed by atoms with van der Waals surface area (Å²) in [5.74, 6) is -1.76. The van der Waals surface area contributed by atoms with E-state index in [0.717, 1.165) is 11.8 Å². The Bertz CT molecular complexity index is 1230. The zero-order chi connectivity index (χ0) is 23.6. The van der Waals surface area contributed by atoms with E-state index in [2.05, 4.69) is 0 Å². The van der Waals surface area contributed by atoms with Gasteiger partial charge in [0.05, 0.1) is 17.7 Å². The van der Waals surface area contributed by atoms with Crippen LogP contribution in [0.15, 0.2) is 60.7 Å². The maximum Gasteiger partial charge on any atom is 0.198 e. The van der Waals surface area contributed by atoms with Crippen LogP contribution in [0.1, 0.15) is 62.7 Å². The number of ether oxygens (including phenoxy) is 1. The zero-order valence-electron chi connectivity index (χ0n) is 18.2. The molecule has 1 aliphatic carbocycles. The molecule has 3 aromatic rings. The third-order valence-electron chi connectivity index (χ3n) is 6.23. The van der Waals surface area contributed by atoms with E-state index in [9.17, 15) is 24.6 Å². The Labute approximate surface area is 191 Å². The quantitative estimate of drug-likeness (QED) is 0.309. The van der Waals surface area contributed by atoms with Crippen molar-refractivity contribution < 1.29 is 29.3 Å². The number of aldehydes is 1. The first-order valence-corrected chi connectivity index (χ1v) is 10.8. The van der Waals surface area contributed by atoms with E-state index in [1.165, 1.54) is 18.2 Å². The highest BCUT2D eigenvalue weighted by molar-refractivity contribution is 6.30. The Morgan fingerprint density at radius 1 is 0.909 bits per heavy atom. The molecule has 0 aromatic heterocycles. The highest BCUT2D eigenvalue weighted by atomic mass is 16.5. The molecule has 168 valence electrons. The molecule has 0 unspecified atom stereocenters. The Hall–Kier alpha value is -3.77. The summed E-state index contributed by atoms with van der Waals surface area (Å²) in [5.41, 5.74) is 0.0790. The van der Waals surface area contributed by atoms with Gasteiger partial charge < -0.3 is 19.7 Å². The third-order valence-corrected chi connectivity index (χ3v) is 6.23. The highest BCUT2D eigenvalue weighted by Gasteiger charge is 2.36. The Balaban J connectivity index is 1.62. The minimum atomic E-state index is -1.10. The van der Waals surface area contributed by atoms with Gasteiger partial charge in [0, 0.05) is 11.1 Å². The van der Waals surface area contributed by atoms with Crippen molar-refractivity contribution in [2.24, 2.45) is 0 Å². The van der Waals surface area contributed by atoms with E-state index >= 15 is 0 Å². The van der Waals surface area contributed by atoms with Gasteiger partial charge >= 0.3 is 0 Å². The van der Waals surface area contributed by atoms with Crippen LogP contribution in [0.5, 0.6) is 11.5 Å². The van der Waals surface area contributed by atoms with Gasteiger partial charge in [-0.1, -0.05) is 61.5 Å². The number of fused-ring (bicyclic) bond motifs is 2. The van der Waals surface area contributed by atoms with Crippen LogP contribution in [0, 0.1) is 0 Å². The van der Waals surface area contributed by atoms with Crippen LogP contribution in [0.3, 0.4) is 0 Å². The molecule has 0 bridgehead atoms. The number of phenols is 2. The van der Waals surface area contributed by atoms with Crippen LogP contribution in [-0.4, -0.2) is 33.7 Å². The number of hydrogen-bond acceptors (Lipinski definition) is 6. The van der Waals surface area contributed by atoms with Crippen LogP contribution >= 0.6 is 0 Å². The monoisotopic (exact) mass is 444 g/mol. The summed E-state index contributed by atoms with van der Waals surface area (Å²) in [6.45, 7) is 2.08. The van der Waals surface area contributed by atoms with Crippen LogP contribution in [0.4, 0.5) is 0 Å². The first kappa shape index (κ1) is 22.4. The van der Waals surface area contributed by atoms with E-state index in [4.69, 9.17) is 4.74 Å². The minimum Gasteiger partial charge on any atom is -0.507 e. The molecule has 2 N–H and O–H groups in total. The maximum absolute atomic E-state index is 13.0. The maximum atomic E-state index is 13.0. The molecule has 0 saturated heterocycles. The number of carbonyl (C=O) groups excluding carboxylic acids is 3. The fraction of sp³-hybridized carbons (Fsp3) is 0.222. The lowest BCUT2D eigenvalue weighted by Gasteiger charge is -2.28. The topological polar surface area (TPSA) is 101 Å². The molecule has 1 atom stereocenters. The minimum absolute atomic E-state index is 0.164. The summed E-state index contributed by atoms with van der Waals surface area (Å²) in [6, 6.07) is 17.1. The van der Waals surface area contributed by atoms with Gasteiger partial charge in [0.2, 0.25) is 0 Å². The highest BCUT2D eigenvalue weighted by Crippen LogP contribution is 2.41. The van der Waals surface area contributed by atoms with Gasteiger partial charge in [-0.25, -0.2) is 0 Å². The number of carbonyl (C=O) groups is 3. The van der Waals surface area contributed by atoms with Crippen LogP contribution in [0.25, 0.3) is 0 Å². The molecule has 6 heteroatoms. The van der Waals surface area contributed by atoms with Gasteiger partial charge in [-0.2, -0.15) is 0 Å². The number of benzene rings is 3. The van der Waals surface area contributed by atoms with Crippen molar-refractivity contribution in [3.8, 4) is 11.5 Å². The summed E-state index contributed by atoms with van der Waals surface area (Å²) in [5, 5.41) is 21.5. The molecule has 0 heterocycles.